The third kappa shape index (κ3) is 2.41. The van der Waals surface area contributed by atoms with Gasteiger partial charge in [-0.25, -0.2) is 0 Å². The molecule has 0 bridgehead atoms. The number of hydrogen-bond donors (Lipinski definition) is 2. The summed E-state index contributed by atoms with van der Waals surface area (Å²) < 4.78 is 0. The summed E-state index contributed by atoms with van der Waals surface area (Å²) in [5.41, 5.74) is 2.83. The Hall–Kier alpha value is -1.97. The number of fused-ring (bicyclic) bond motifs is 1. The van der Waals surface area contributed by atoms with E-state index in [1.165, 1.54) is 0 Å². The van der Waals surface area contributed by atoms with Crippen molar-refractivity contribution in [2.45, 2.75) is 26.2 Å². The summed E-state index contributed by atoms with van der Waals surface area (Å²) in [6.45, 7) is 1.75. The molecule has 0 radical (unpaired) electrons. The minimum atomic E-state index is -0.125. The van der Waals surface area contributed by atoms with Gasteiger partial charge in [-0.2, -0.15) is 0 Å². The van der Waals surface area contributed by atoms with Crippen LogP contribution in [0.5, 0.6) is 0 Å². The molecule has 0 aromatic heterocycles. The van der Waals surface area contributed by atoms with Crippen molar-refractivity contribution in [3.05, 3.63) is 29.3 Å². The Morgan fingerprint density at radius 2 is 2.24 bits per heavy atom. The van der Waals surface area contributed by atoms with Crippen molar-refractivity contribution in [2.75, 3.05) is 5.32 Å². The average Bonchev–Trinajstić information content (AvgIpc) is 2.67. The number of benzene rings is 1. The minimum absolute atomic E-state index is 0.00291. The van der Waals surface area contributed by atoms with Gasteiger partial charge in [-0.05, 0) is 17.2 Å². The van der Waals surface area contributed by atoms with Gasteiger partial charge in [0.15, 0.2) is 5.78 Å². The molecule has 88 valence electrons. The van der Waals surface area contributed by atoms with Crippen molar-refractivity contribution in [3.63, 3.8) is 0 Å². The molecule has 0 aliphatic carbocycles. The zero-order chi connectivity index (χ0) is 12.4. The summed E-state index contributed by atoms with van der Waals surface area (Å²) in [6, 6.07) is 5.58. The Kier molecular flexibility index (Phi) is 3.04. The summed E-state index contributed by atoms with van der Waals surface area (Å²) >= 11 is 0. The second-order valence-corrected chi connectivity index (χ2v) is 4.15. The third-order valence-electron chi connectivity index (χ3n) is 2.83. The molecule has 1 heterocycles. The molecular formula is C13H14N2O2. The molecule has 1 amide bonds. The fourth-order valence-corrected chi connectivity index (χ4v) is 1.91. The monoisotopic (exact) mass is 230 g/mol. The van der Waals surface area contributed by atoms with E-state index in [4.69, 9.17) is 5.41 Å². The number of anilines is 1. The molecule has 0 unspecified atom stereocenters. The second-order valence-electron chi connectivity index (χ2n) is 4.15. The number of hydrogen-bond acceptors (Lipinski definition) is 3. The van der Waals surface area contributed by atoms with E-state index in [1.807, 2.05) is 18.2 Å². The van der Waals surface area contributed by atoms with Crippen LogP contribution in [0.1, 0.15) is 24.5 Å². The Morgan fingerprint density at radius 3 is 2.94 bits per heavy atom. The zero-order valence-electron chi connectivity index (χ0n) is 9.67. The SMILES string of the molecule is CCC(=O)C(=N)Cc1ccc2c(c1)CC(=O)N2. The molecule has 0 spiro atoms. The van der Waals surface area contributed by atoms with Gasteiger partial charge in [0.25, 0.3) is 0 Å². The lowest BCUT2D eigenvalue weighted by atomic mass is 10.0. The van der Waals surface area contributed by atoms with Crippen LogP contribution in [-0.4, -0.2) is 17.4 Å². The predicted octanol–water partition coefficient (Wildman–Crippen LogP) is 1.72. The van der Waals surface area contributed by atoms with Gasteiger partial charge in [-0.3, -0.25) is 9.59 Å². The number of carbonyl (C=O) groups excluding carboxylic acids is 2. The lowest BCUT2D eigenvalue weighted by Crippen LogP contribution is -2.14. The molecule has 1 aliphatic heterocycles. The van der Waals surface area contributed by atoms with Gasteiger partial charge in [0.1, 0.15) is 0 Å². The molecule has 0 saturated carbocycles. The van der Waals surface area contributed by atoms with E-state index in [2.05, 4.69) is 5.32 Å². The van der Waals surface area contributed by atoms with E-state index in [0.29, 0.717) is 19.3 Å². The molecule has 1 aliphatic rings. The first-order valence-corrected chi connectivity index (χ1v) is 5.62. The number of amides is 1. The van der Waals surface area contributed by atoms with Gasteiger partial charge in [-0.1, -0.05) is 19.1 Å². The van der Waals surface area contributed by atoms with Gasteiger partial charge in [0.05, 0.1) is 12.1 Å². The molecule has 1 aromatic rings. The Bertz CT molecular complexity index is 506. The summed E-state index contributed by atoms with van der Waals surface area (Å²) in [4.78, 5) is 22.5. The van der Waals surface area contributed by atoms with Crippen LogP contribution in [0.15, 0.2) is 18.2 Å². The Labute approximate surface area is 99.5 Å². The molecule has 4 nitrogen and oxygen atoms in total. The number of Topliss-reactive ketones (excluding diaryl/α,β-unsaturated/α-hetero) is 1. The third-order valence-corrected chi connectivity index (χ3v) is 2.83. The maximum absolute atomic E-state index is 11.3. The quantitative estimate of drug-likeness (QED) is 0.773. The molecule has 2 N–H and O–H groups in total. The number of ketones is 1. The number of rotatable bonds is 4. The first-order valence-electron chi connectivity index (χ1n) is 5.62. The maximum Gasteiger partial charge on any atom is 0.228 e. The normalized spacial score (nSPS) is 13.1. The van der Waals surface area contributed by atoms with E-state index in [-0.39, 0.29) is 17.4 Å². The second kappa shape index (κ2) is 4.49. The highest BCUT2D eigenvalue weighted by atomic mass is 16.1. The van der Waals surface area contributed by atoms with Crippen LogP contribution in [0, 0.1) is 5.41 Å². The van der Waals surface area contributed by atoms with E-state index in [1.54, 1.807) is 6.92 Å². The fraction of sp³-hybridized carbons (Fsp3) is 0.308. The molecule has 2 rings (SSSR count). The van der Waals surface area contributed by atoms with E-state index in [0.717, 1.165) is 16.8 Å². The highest BCUT2D eigenvalue weighted by molar-refractivity contribution is 6.38. The van der Waals surface area contributed by atoms with E-state index in [9.17, 15) is 9.59 Å². The number of nitrogens with one attached hydrogen (secondary N) is 2. The van der Waals surface area contributed by atoms with Crippen molar-refractivity contribution in [2.24, 2.45) is 0 Å². The van der Waals surface area contributed by atoms with Gasteiger partial charge in [-0.15, -0.1) is 0 Å². The van der Waals surface area contributed by atoms with Crippen LogP contribution >= 0.6 is 0 Å². The summed E-state index contributed by atoms with van der Waals surface area (Å²) in [5, 5.41) is 10.4. The molecular weight excluding hydrogens is 216 g/mol. The van der Waals surface area contributed by atoms with Crippen LogP contribution in [0.2, 0.25) is 0 Å². The smallest absolute Gasteiger partial charge is 0.228 e. The van der Waals surface area contributed by atoms with Crippen LogP contribution < -0.4 is 5.32 Å². The molecule has 1 aromatic carbocycles. The van der Waals surface area contributed by atoms with Crippen LogP contribution in [0.4, 0.5) is 5.69 Å². The predicted molar refractivity (Wildman–Crippen MR) is 65.5 cm³/mol. The molecule has 0 saturated heterocycles. The Morgan fingerprint density at radius 1 is 1.47 bits per heavy atom. The largest absolute Gasteiger partial charge is 0.326 e. The van der Waals surface area contributed by atoms with Crippen LogP contribution in [0.25, 0.3) is 0 Å². The van der Waals surface area contributed by atoms with Gasteiger partial charge >= 0.3 is 0 Å². The standard InChI is InChI=1S/C13H14N2O2/c1-2-12(16)10(14)6-8-3-4-11-9(5-8)7-13(17)15-11/h3-5,14H,2,6-7H2,1H3,(H,15,17). The molecule has 0 fully saturated rings. The minimum Gasteiger partial charge on any atom is -0.326 e. The van der Waals surface area contributed by atoms with Gasteiger partial charge in [0, 0.05) is 18.5 Å². The molecule has 17 heavy (non-hydrogen) atoms. The summed E-state index contributed by atoms with van der Waals surface area (Å²) in [5.74, 6) is -0.128. The maximum atomic E-state index is 11.3. The fourth-order valence-electron chi connectivity index (χ4n) is 1.91. The van der Waals surface area contributed by atoms with Crippen molar-refractivity contribution >= 4 is 23.1 Å². The highest BCUT2D eigenvalue weighted by Gasteiger charge is 2.18. The highest BCUT2D eigenvalue weighted by Crippen LogP contribution is 2.24. The lowest BCUT2D eigenvalue weighted by molar-refractivity contribution is -0.115. The zero-order valence-corrected chi connectivity index (χ0v) is 9.67. The summed E-state index contributed by atoms with van der Waals surface area (Å²) in [6.07, 6.45) is 1.09. The topological polar surface area (TPSA) is 70.0 Å². The first kappa shape index (κ1) is 11.5. The van der Waals surface area contributed by atoms with Crippen LogP contribution in [-0.2, 0) is 22.4 Å². The average molecular weight is 230 g/mol. The van der Waals surface area contributed by atoms with Crippen LogP contribution in [0.3, 0.4) is 0 Å². The first-order chi connectivity index (χ1) is 8.10. The Balaban J connectivity index is 2.14. The van der Waals surface area contributed by atoms with Gasteiger partial charge < -0.3 is 10.7 Å². The summed E-state index contributed by atoms with van der Waals surface area (Å²) in [7, 11) is 0. The van der Waals surface area contributed by atoms with Crippen molar-refractivity contribution < 1.29 is 9.59 Å². The number of carbonyl (C=O) groups is 2. The van der Waals surface area contributed by atoms with Gasteiger partial charge in [0.2, 0.25) is 5.91 Å². The van der Waals surface area contributed by atoms with E-state index >= 15 is 0 Å². The van der Waals surface area contributed by atoms with Crippen molar-refractivity contribution in [3.8, 4) is 0 Å². The van der Waals surface area contributed by atoms with Crippen molar-refractivity contribution in [1.82, 2.24) is 0 Å². The van der Waals surface area contributed by atoms with E-state index < -0.39 is 0 Å². The molecule has 4 heteroatoms. The lowest BCUT2D eigenvalue weighted by Gasteiger charge is -2.04. The molecule has 0 atom stereocenters. The van der Waals surface area contributed by atoms with Crippen molar-refractivity contribution in [1.29, 1.82) is 5.41 Å².